The molecule has 0 aliphatic rings. The van der Waals surface area contributed by atoms with Gasteiger partial charge in [-0.3, -0.25) is 9.59 Å². The zero-order valence-electron chi connectivity index (χ0n) is 11.8. The molecule has 0 amide bonds. The van der Waals surface area contributed by atoms with E-state index in [2.05, 4.69) is 14.7 Å². The van der Waals surface area contributed by atoms with Crippen LogP contribution < -0.4 is 16.1 Å². The maximum Gasteiger partial charge on any atom is 0.340 e. The van der Waals surface area contributed by atoms with Crippen LogP contribution in [0.25, 0.3) is 28.3 Å². The first-order valence-electron chi connectivity index (χ1n) is 6.43. The second-order valence-corrected chi connectivity index (χ2v) is 4.72. The van der Waals surface area contributed by atoms with Gasteiger partial charge < -0.3 is 19.9 Å². The molecule has 3 rings (SSSR count). The third-order valence-corrected chi connectivity index (χ3v) is 3.43. The molecule has 0 atom stereocenters. The van der Waals surface area contributed by atoms with Crippen molar-refractivity contribution in [3.05, 3.63) is 49.4 Å². The molecule has 0 radical (unpaired) electrons. The van der Waals surface area contributed by atoms with Gasteiger partial charge in [-0.15, -0.1) is 0 Å². The highest BCUT2D eigenvalue weighted by molar-refractivity contribution is 6.03. The summed E-state index contributed by atoms with van der Waals surface area (Å²) >= 11 is 0. The molecule has 0 unspecified atom stereocenters. The van der Waals surface area contributed by atoms with Crippen molar-refractivity contribution in [1.82, 2.24) is 9.97 Å². The number of nitrogens with zero attached hydrogens (tertiary/aromatic N) is 1. The maximum absolute atomic E-state index is 12.0. The number of methoxy groups -OCH3 is 1. The lowest BCUT2D eigenvalue weighted by atomic mass is 10.1. The molecule has 116 valence electrons. The molecule has 23 heavy (non-hydrogen) atoms. The van der Waals surface area contributed by atoms with Crippen molar-refractivity contribution < 1.29 is 19.7 Å². The standard InChI is InChI=1S/C15H10N2O6/c1-23-15(22)6-2-3-8(19)13-11(6)16-14-10(21)4-9(20)7(5-18)12(14)17-13/h2-5,16,18,20H,1H3/b7-5-. The largest absolute Gasteiger partial charge is 0.515 e. The Balaban J connectivity index is 2.63. The number of carbonyl (C=O) groups is 1. The maximum atomic E-state index is 12.0. The first kappa shape index (κ1) is 14.5. The van der Waals surface area contributed by atoms with Crippen molar-refractivity contribution in [3.63, 3.8) is 0 Å². The molecule has 8 heteroatoms. The van der Waals surface area contributed by atoms with Gasteiger partial charge in [-0.1, -0.05) is 0 Å². The van der Waals surface area contributed by atoms with Crippen LogP contribution in [0.4, 0.5) is 0 Å². The summed E-state index contributed by atoms with van der Waals surface area (Å²) in [6.07, 6.45) is 0.582. The predicted octanol–water partition coefficient (Wildman–Crippen LogP) is -0.0564. The SMILES string of the molecule is COC(=O)c1ccc(=O)c2nc3/c(=C\O)c(O)cc(=O)c3[nH]c12. The number of aromatic hydroxyl groups is 1. The quantitative estimate of drug-likeness (QED) is 0.424. The topological polar surface area (TPSA) is 130 Å². The van der Waals surface area contributed by atoms with Gasteiger partial charge >= 0.3 is 5.97 Å². The van der Waals surface area contributed by atoms with Gasteiger partial charge in [-0.2, -0.15) is 0 Å². The number of phenolic OH excluding ortho intramolecular Hbond substituents is 1. The number of ether oxygens (including phenoxy) is 1. The molecule has 0 aliphatic carbocycles. The minimum Gasteiger partial charge on any atom is -0.515 e. The second kappa shape index (κ2) is 5.09. The second-order valence-electron chi connectivity index (χ2n) is 4.72. The average Bonchev–Trinajstić information content (AvgIpc) is 2.54. The number of aromatic amines is 1. The number of H-pyrrole nitrogens is 1. The number of aromatic nitrogens is 2. The van der Waals surface area contributed by atoms with Gasteiger partial charge in [0.15, 0.2) is 0 Å². The number of nitrogens with one attached hydrogen (secondary N) is 1. The highest BCUT2D eigenvalue weighted by Crippen LogP contribution is 2.16. The van der Waals surface area contributed by atoms with Crippen LogP contribution in [0.5, 0.6) is 5.75 Å². The third kappa shape index (κ3) is 2.08. The number of aliphatic hydroxyl groups is 1. The van der Waals surface area contributed by atoms with E-state index in [9.17, 15) is 24.6 Å². The van der Waals surface area contributed by atoms with E-state index in [0.717, 1.165) is 12.1 Å². The van der Waals surface area contributed by atoms with Gasteiger partial charge in [0.25, 0.3) is 0 Å². The molecule has 0 fully saturated rings. The minimum absolute atomic E-state index is 0.0403. The van der Waals surface area contributed by atoms with E-state index in [4.69, 9.17) is 0 Å². The van der Waals surface area contributed by atoms with Crippen LogP contribution in [0.15, 0.2) is 27.8 Å². The molecular weight excluding hydrogens is 304 g/mol. The van der Waals surface area contributed by atoms with Gasteiger partial charge in [0.1, 0.15) is 22.3 Å². The number of benzene rings is 2. The summed E-state index contributed by atoms with van der Waals surface area (Å²) in [5, 5.41) is 18.8. The van der Waals surface area contributed by atoms with Crippen LogP contribution in [-0.2, 0) is 4.74 Å². The highest BCUT2D eigenvalue weighted by atomic mass is 16.5. The van der Waals surface area contributed by atoms with Gasteiger partial charge in [-0.25, -0.2) is 9.78 Å². The average molecular weight is 314 g/mol. The van der Waals surface area contributed by atoms with Crippen LogP contribution in [-0.4, -0.2) is 33.3 Å². The number of phenols is 1. The Kier molecular flexibility index (Phi) is 3.21. The molecule has 8 nitrogen and oxygen atoms in total. The molecule has 0 saturated heterocycles. The predicted molar refractivity (Wildman–Crippen MR) is 81.5 cm³/mol. The molecule has 3 N–H and O–H groups in total. The van der Waals surface area contributed by atoms with Crippen molar-refractivity contribution in [1.29, 1.82) is 0 Å². The molecular formula is C15H10N2O6. The van der Waals surface area contributed by atoms with Gasteiger partial charge in [0, 0.05) is 6.07 Å². The van der Waals surface area contributed by atoms with Crippen LogP contribution in [0.3, 0.4) is 0 Å². The Bertz CT molecular complexity index is 1130. The van der Waals surface area contributed by atoms with Crippen molar-refractivity contribution in [2.75, 3.05) is 7.11 Å². The summed E-state index contributed by atoms with van der Waals surface area (Å²) in [7, 11) is 1.18. The zero-order chi connectivity index (χ0) is 16.7. The van der Waals surface area contributed by atoms with Crippen molar-refractivity contribution in [3.8, 4) is 5.75 Å². The third-order valence-electron chi connectivity index (χ3n) is 3.43. The fourth-order valence-electron chi connectivity index (χ4n) is 2.34. The molecule has 0 aliphatic heterocycles. The van der Waals surface area contributed by atoms with Crippen molar-refractivity contribution in [2.24, 2.45) is 0 Å². The number of esters is 1. The Hall–Kier alpha value is -3.42. The molecule has 2 aromatic carbocycles. The number of aliphatic hydroxyl groups excluding tert-OH is 1. The number of carbonyl (C=O) groups excluding carboxylic acids is 1. The molecule has 3 aromatic rings. The van der Waals surface area contributed by atoms with E-state index < -0.39 is 22.6 Å². The number of hydrogen-bond donors (Lipinski definition) is 3. The lowest BCUT2D eigenvalue weighted by Gasteiger charge is -2.06. The fourth-order valence-corrected chi connectivity index (χ4v) is 2.34. The van der Waals surface area contributed by atoms with Gasteiger partial charge in [0.2, 0.25) is 10.9 Å². The Morgan fingerprint density at radius 1 is 1.22 bits per heavy atom. The lowest BCUT2D eigenvalue weighted by Crippen LogP contribution is -2.17. The van der Waals surface area contributed by atoms with Gasteiger partial charge in [0.05, 0.1) is 29.7 Å². The van der Waals surface area contributed by atoms with Crippen LogP contribution in [0.1, 0.15) is 10.4 Å². The lowest BCUT2D eigenvalue weighted by molar-refractivity contribution is 0.0602. The molecule has 0 bridgehead atoms. The van der Waals surface area contributed by atoms with E-state index in [0.29, 0.717) is 6.26 Å². The minimum atomic E-state index is -0.701. The molecule has 0 saturated carbocycles. The smallest absolute Gasteiger partial charge is 0.340 e. The molecule has 1 heterocycles. The van der Waals surface area contributed by atoms with E-state index >= 15 is 0 Å². The summed E-state index contributed by atoms with van der Waals surface area (Å²) in [5.74, 6) is -1.17. The van der Waals surface area contributed by atoms with E-state index in [-0.39, 0.29) is 32.8 Å². The van der Waals surface area contributed by atoms with Crippen LogP contribution in [0, 0.1) is 0 Å². The highest BCUT2D eigenvalue weighted by Gasteiger charge is 2.16. The summed E-state index contributed by atoms with van der Waals surface area (Å²) < 4.78 is 4.64. The molecule has 1 aromatic heterocycles. The first-order chi connectivity index (χ1) is 11.0. The monoisotopic (exact) mass is 314 g/mol. The van der Waals surface area contributed by atoms with E-state index in [1.54, 1.807) is 0 Å². The summed E-state index contributed by atoms with van der Waals surface area (Å²) in [5.41, 5.74) is -1.28. The summed E-state index contributed by atoms with van der Waals surface area (Å²) in [6, 6.07) is 3.31. The van der Waals surface area contributed by atoms with Crippen molar-refractivity contribution >= 4 is 34.3 Å². The van der Waals surface area contributed by atoms with E-state index in [1.165, 1.54) is 13.2 Å². The van der Waals surface area contributed by atoms with Crippen LogP contribution >= 0.6 is 0 Å². The summed E-state index contributed by atoms with van der Waals surface area (Å²) in [4.78, 5) is 42.6. The Morgan fingerprint density at radius 3 is 2.61 bits per heavy atom. The number of fused-ring (bicyclic) bond motifs is 2. The Morgan fingerprint density at radius 2 is 1.96 bits per heavy atom. The molecule has 0 spiro atoms. The fraction of sp³-hybridized carbons (Fsp3) is 0.0667. The number of hydrogen-bond acceptors (Lipinski definition) is 7. The van der Waals surface area contributed by atoms with Crippen LogP contribution in [0.2, 0.25) is 0 Å². The Labute approximate surface area is 127 Å². The number of rotatable bonds is 1. The zero-order valence-corrected chi connectivity index (χ0v) is 11.8. The normalized spacial score (nSPS) is 12.0. The van der Waals surface area contributed by atoms with E-state index in [1.807, 2.05) is 0 Å². The van der Waals surface area contributed by atoms with Crippen molar-refractivity contribution in [2.45, 2.75) is 0 Å². The van der Waals surface area contributed by atoms with Gasteiger partial charge in [-0.05, 0) is 12.1 Å². The summed E-state index contributed by atoms with van der Waals surface area (Å²) in [6.45, 7) is 0. The first-order valence-corrected chi connectivity index (χ1v) is 6.43.